The van der Waals surface area contributed by atoms with E-state index in [1.807, 2.05) is 0 Å². The lowest BCUT2D eigenvalue weighted by atomic mass is 10.2. The second-order valence-corrected chi connectivity index (χ2v) is 5.71. The van der Waals surface area contributed by atoms with Crippen molar-refractivity contribution in [3.63, 3.8) is 0 Å². The van der Waals surface area contributed by atoms with Gasteiger partial charge in [-0.2, -0.15) is 0 Å². The number of rotatable bonds is 6. The van der Waals surface area contributed by atoms with Crippen molar-refractivity contribution in [3.8, 4) is 11.5 Å². The number of nitro benzene ring substituents is 1. The number of thiocarbonyl (C=S) groups is 1. The van der Waals surface area contributed by atoms with Gasteiger partial charge in [0.1, 0.15) is 23.7 Å². The monoisotopic (exact) mass is 383 g/mol. The second kappa shape index (κ2) is 8.10. The third-order valence-corrected chi connectivity index (χ3v) is 3.71. The van der Waals surface area contributed by atoms with E-state index < -0.39 is 4.92 Å². The van der Waals surface area contributed by atoms with E-state index in [1.54, 1.807) is 12.1 Å². The van der Waals surface area contributed by atoms with Crippen LogP contribution in [0.25, 0.3) is 0 Å². The molecule has 5 nitrogen and oxygen atoms in total. The molecule has 0 fully saturated rings. The third kappa shape index (κ3) is 4.44. The fourth-order valence-electron chi connectivity index (χ4n) is 1.80. The van der Waals surface area contributed by atoms with E-state index in [9.17, 15) is 10.1 Å². The first-order valence-electron chi connectivity index (χ1n) is 6.61. The van der Waals surface area contributed by atoms with Crippen LogP contribution in [0.15, 0.2) is 49.1 Å². The maximum absolute atomic E-state index is 11.2. The minimum atomic E-state index is -0.544. The van der Waals surface area contributed by atoms with Crippen molar-refractivity contribution < 1.29 is 14.4 Å². The van der Waals surface area contributed by atoms with Crippen molar-refractivity contribution >= 4 is 46.2 Å². The molecule has 0 aromatic heterocycles. The number of nitro groups is 1. The number of ether oxygens (including phenoxy) is 2. The van der Waals surface area contributed by atoms with Gasteiger partial charge >= 0.3 is 0 Å². The molecule has 0 aliphatic heterocycles. The SMILES string of the molecule is C=CCOC(=S)c1cc(Oc2ccc(Cl)cc2Cl)ccc1[N+](=O)[O-]. The number of hydrogen-bond acceptors (Lipinski definition) is 5. The fourth-order valence-corrected chi connectivity index (χ4v) is 2.48. The highest BCUT2D eigenvalue weighted by atomic mass is 35.5. The van der Waals surface area contributed by atoms with Crippen molar-refractivity contribution in [3.05, 3.63) is 74.8 Å². The quantitative estimate of drug-likeness (QED) is 0.282. The van der Waals surface area contributed by atoms with Crippen LogP contribution in [-0.4, -0.2) is 16.6 Å². The van der Waals surface area contributed by atoms with E-state index in [1.165, 1.54) is 30.3 Å². The van der Waals surface area contributed by atoms with Crippen LogP contribution < -0.4 is 4.74 Å². The fraction of sp³-hybridized carbons (Fsp3) is 0.0625. The smallest absolute Gasteiger partial charge is 0.281 e. The molecule has 0 spiro atoms. The summed E-state index contributed by atoms with van der Waals surface area (Å²) in [6.45, 7) is 3.65. The Balaban J connectivity index is 2.36. The van der Waals surface area contributed by atoms with Crippen LogP contribution in [0.5, 0.6) is 11.5 Å². The number of nitrogens with zero attached hydrogens (tertiary/aromatic N) is 1. The lowest BCUT2D eigenvalue weighted by molar-refractivity contribution is -0.385. The largest absolute Gasteiger partial charge is 0.478 e. The highest BCUT2D eigenvalue weighted by Crippen LogP contribution is 2.33. The molecule has 2 rings (SSSR count). The molecule has 0 aliphatic carbocycles. The molecule has 0 amide bonds. The Morgan fingerprint density at radius 3 is 2.67 bits per heavy atom. The van der Waals surface area contributed by atoms with E-state index in [0.717, 1.165) is 0 Å². The molecule has 8 heteroatoms. The standard InChI is InChI=1S/C16H11Cl2NO4S/c1-2-7-22-16(24)12-9-11(4-5-14(12)19(20)21)23-15-6-3-10(17)8-13(15)18/h2-6,8-9H,1,7H2. The van der Waals surface area contributed by atoms with Gasteiger partial charge < -0.3 is 9.47 Å². The number of halogens is 2. The zero-order valence-electron chi connectivity index (χ0n) is 12.2. The van der Waals surface area contributed by atoms with Crippen molar-refractivity contribution in [2.45, 2.75) is 0 Å². The molecule has 2 aromatic rings. The number of benzene rings is 2. The van der Waals surface area contributed by atoms with Gasteiger partial charge in [-0.15, -0.1) is 0 Å². The van der Waals surface area contributed by atoms with Gasteiger partial charge in [-0.05, 0) is 42.5 Å². The van der Waals surface area contributed by atoms with Gasteiger partial charge in [0.2, 0.25) is 0 Å². The summed E-state index contributed by atoms with van der Waals surface area (Å²) in [7, 11) is 0. The highest BCUT2D eigenvalue weighted by Gasteiger charge is 2.20. The zero-order chi connectivity index (χ0) is 17.7. The summed E-state index contributed by atoms with van der Waals surface area (Å²) in [5, 5.41) is 11.9. The maximum atomic E-state index is 11.2. The van der Waals surface area contributed by atoms with Crippen LogP contribution in [0.3, 0.4) is 0 Å². The van der Waals surface area contributed by atoms with Crippen molar-refractivity contribution in [1.29, 1.82) is 0 Å². The first-order valence-corrected chi connectivity index (χ1v) is 7.78. The molecular formula is C16H11Cl2NO4S. The summed E-state index contributed by atoms with van der Waals surface area (Å²) in [5.74, 6) is 0.683. The molecule has 0 unspecified atom stereocenters. The molecular weight excluding hydrogens is 373 g/mol. The van der Waals surface area contributed by atoms with Crippen LogP contribution in [0.1, 0.15) is 5.56 Å². The van der Waals surface area contributed by atoms with E-state index in [4.69, 9.17) is 44.9 Å². The summed E-state index contributed by atoms with van der Waals surface area (Å²) in [6.07, 6.45) is 1.49. The summed E-state index contributed by atoms with van der Waals surface area (Å²) in [5.41, 5.74) is -0.0435. The molecule has 0 heterocycles. The Bertz CT molecular complexity index is 811. The highest BCUT2D eigenvalue weighted by molar-refractivity contribution is 7.80. The maximum Gasteiger partial charge on any atom is 0.281 e. The normalized spacial score (nSPS) is 10.1. The predicted molar refractivity (Wildman–Crippen MR) is 97.5 cm³/mol. The van der Waals surface area contributed by atoms with E-state index in [2.05, 4.69) is 6.58 Å². The predicted octanol–water partition coefficient (Wildman–Crippen LogP) is 5.57. The lowest BCUT2D eigenvalue weighted by Gasteiger charge is -2.11. The molecule has 0 saturated heterocycles. The van der Waals surface area contributed by atoms with Crippen LogP contribution in [0, 0.1) is 10.1 Å². The Kier molecular flexibility index (Phi) is 6.14. The van der Waals surface area contributed by atoms with Gasteiger partial charge in [-0.3, -0.25) is 10.1 Å². The van der Waals surface area contributed by atoms with Gasteiger partial charge in [0.15, 0.2) is 5.05 Å². The van der Waals surface area contributed by atoms with Crippen LogP contribution in [-0.2, 0) is 4.74 Å². The van der Waals surface area contributed by atoms with Gasteiger partial charge in [0.05, 0.1) is 9.95 Å². The summed E-state index contributed by atoms with van der Waals surface area (Å²) < 4.78 is 10.9. The minimum absolute atomic E-state index is 0.0192. The van der Waals surface area contributed by atoms with E-state index >= 15 is 0 Å². The van der Waals surface area contributed by atoms with Crippen molar-refractivity contribution in [2.24, 2.45) is 0 Å². The molecule has 0 atom stereocenters. The molecule has 24 heavy (non-hydrogen) atoms. The van der Waals surface area contributed by atoms with Gasteiger partial charge in [-0.1, -0.05) is 35.9 Å². The minimum Gasteiger partial charge on any atom is -0.478 e. The molecule has 0 N–H and O–H groups in total. The summed E-state index contributed by atoms with van der Waals surface area (Å²) >= 11 is 17.0. The van der Waals surface area contributed by atoms with Gasteiger partial charge in [0.25, 0.3) is 5.69 Å². The summed E-state index contributed by atoms with van der Waals surface area (Å²) in [6, 6.07) is 8.91. The Morgan fingerprint density at radius 1 is 1.29 bits per heavy atom. The topological polar surface area (TPSA) is 61.6 Å². The first kappa shape index (κ1) is 18.2. The molecule has 0 aliphatic rings. The third-order valence-electron chi connectivity index (χ3n) is 2.84. The van der Waals surface area contributed by atoms with E-state index in [-0.39, 0.29) is 22.9 Å². The lowest BCUT2D eigenvalue weighted by Crippen LogP contribution is -2.07. The van der Waals surface area contributed by atoms with Gasteiger partial charge in [0, 0.05) is 11.1 Å². The van der Waals surface area contributed by atoms with Crippen molar-refractivity contribution in [1.82, 2.24) is 0 Å². The van der Waals surface area contributed by atoms with Gasteiger partial charge in [-0.25, -0.2) is 0 Å². The van der Waals surface area contributed by atoms with Crippen LogP contribution >= 0.6 is 35.4 Å². The average Bonchev–Trinajstić information content (AvgIpc) is 2.55. The Hall–Kier alpha value is -2.15. The first-order chi connectivity index (χ1) is 11.4. The van der Waals surface area contributed by atoms with Crippen LogP contribution in [0.2, 0.25) is 10.0 Å². The van der Waals surface area contributed by atoms with Crippen molar-refractivity contribution in [2.75, 3.05) is 6.61 Å². The molecule has 0 radical (unpaired) electrons. The average molecular weight is 384 g/mol. The molecule has 0 bridgehead atoms. The molecule has 124 valence electrons. The van der Waals surface area contributed by atoms with E-state index in [0.29, 0.717) is 21.5 Å². The van der Waals surface area contributed by atoms with Crippen LogP contribution in [0.4, 0.5) is 5.69 Å². The summed E-state index contributed by atoms with van der Waals surface area (Å²) in [4.78, 5) is 10.6. The second-order valence-electron chi connectivity index (χ2n) is 4.50. The zero-order valence-corrected chi connectivity index (χ0v) is 14.5. The Labute approximate surface area is 153 Å². The molecule has 2 aromatic carbocycles. The Morgan fingerprint density at radius 2 is 2.04 bits per heavy atom. The molecule has 0 saturated carbocycles. The number of hydrogen-bond donors (Lipinski definition) is 0.